The van der Waals surface area contributed by atoms with Crippen LogP contribution in [0.25, 0.3) is 0 Å². The largest absolute Gasteiger partial charge is 0.307 e. The van der Waals surface area contributed by atoms with Crippen LogP contribution in [0.1, 0.15) is 75.2 Å². The lowest BCUT2D eigenvalue weighted by Gasteiger charge is -2.22. The molecule has 2 unspecified atom stereocenters. The van der Waals surface area contributed by atoms with Crippen molar-refractivity contribution in [2.75, 3.05) is 14.1 Å². The Balaban J connectivity index is -0.000000141. The predicted octanol–water partition coefficient (Wildman–Crippen LogP) is 6.01. The maximum absolute atomic E-state index is 2.32. The highest BCUT2D eigenvalue weighted by molar-refractivity contribution is 4.80. The van der Waals surface area contributed by atoms with Crippen molar-refractivity contribution in [3.63, 3.8) is 0 Å². The maximum atomic E-state index is 2.32. The van der Waals surface area contributed by atoms with Gasteiger partial charge >= 0.3 is 0 Å². The van der Waals surface area contributed by atoms with E-state index in [0.29, 0.717) is 6.04 Å². The highest BCUT2D eigenvalue weighted by Crippen LogP contribution is 2.13. The third kappa shape index (κ3) is 24.8. The molecule has 0 N–H and O–H groups in total. The summed E-state index contributed by atoms with van der Waals surface area (Å²) in [5.74, 6) is 0.804. The topological polar surface area (TPSA) is 3.24 Å². The van der Waals surface area contributed by atoms with Crippen LogP contribution in [0.4, 0.5) is 0 Å². The molecule has 0 aliphatic carbocycles. The normalized spacial score (nSPS) is 12.4. The van der Waals surface area contributed by atoms with Crippen LogP contribution < -0.4 is 0 Å². The van der Waals surface area contributed by atoms with Crippen LogP contribution in [-0.4, -0.2) is 25.0 Å². The summed E-state index contributed by atoms with van der Waals surface area (Å²) in [6.45, 7) is 18.7. The minimum Gasteiger partial charge on any atom is -0.307 e. The van der Waals surface area contributed by atoms with E-state index in [4.69, 9.17) is 0 Å². The van der Waals surface area contributed by atoms with Gasteiger partial charge in [-0.2, -0.15) is 0 Å². The molecular formula is C17H41N. The van der Waals surface area contributed by atoms with Gasteiger partial charge in [-0.1, -0.05) is 60.6 Å². The molecule has 114 valence electrons. The van der Waals surface area contributed by atoms with Crippen molar-refractivity contribution < 1.29 is 0 Å². The minimum absolute atomic E-state index is 0.699. The third-order valence-corrected chi connectivity index (χ3v) is 2.40. The number of hydrogen-bond donors (Lipinski definition) is 0. The van der Waals surface area contributed by atoms with Gasteiger partial charge in [-0.15, -0.1) is 0 Å². The number of hydrogen-bond acceptors (Lipinski definition) is 1. The average Bonchev–Trinajstić information content (AvgIpc) is 2.43. The van der Waals surface area contributed by atoms with Crippen LogP contribution in [0.3, 0.4) is 0 Å². The van der Waals surface area contributed by atoms with E-state index in [0.717, 1.165) is 5.92 Å². The van der Waals surface area contributed by atoms with E-state index < -0.39 is 0 Å². The molecule has 0 aliphatic rings. The molecule has 0 amide bonds. The fourth-order valence-corrected chi connectivity index (χ4v) is 1.26. The molecule has 0 aliphatic heterocycles. The maximum Gasteiger partial charge on any atom is 0.00634 e. The van der Waals surface area contributed by atoms with E-state index in [9.17, 15) is 0 Å². The van der Waals surface area contributed by atoms with Gasteiger partial charge in [-0.3, -0.25) is 0 Å². The summed E-state index contributed by atoms with van der Waals surface area (Å²) in [7, 11) is 4.29. The van der Waals surface area contributed by atoms with Crippen molar-refractivity contribution in [2.45, 2.75) is 81.2 Å². The van der Waals surface area contributed by atoms with E-state index in [1.165, 1.54) is 12.8 Å². The predicted molar refractivity (Wildman–Crippen MR) is 90.4 cm³/mol. The SMILES string of the molecule is C/C=C/CC(C)CC(C)N(C)C.CC.CC.CC. The van der Waals surface area contributed by atoms with Gasteiger partial charge in [-0.25, -0.2) is 0 Å². The number of rotatable bonds is 5. The number of allylic oxidation sites excluding steroid dienone is 2. The van der Waals surface area contributed by atoms with E-state index in [1.807, 2.05) is 41.5 Å². The van der Waals surface area contributed by atoms with Crippen molar-refractivity contribution in [3.05, 3.63) is 12.2 Å². The fraction of sp³-hybridized carbons (Fsp3) is 0.882. The monoisotopic (exact) mass is 259 g/mol. The quantitative estimate of drug-likeness (QED) is 0.547. The molecule has 0 aromatic rings. The molecule has 0 radical (unpaired) electrons. The zero-order chi connectivity index (χ0) is 15.6. The van der Waals surface area contributed by atoms with Crippen molar-refractivity contribution in [3.8, 4) is 0 Å². The summed E-state index contributed by atoms with van der Waals surface area (Å²) in [6.07, 6.45) is 6.90. The highest BCUT2D eigenvalue weighted by atomic mass is 15.1. The van der Waals surface area contributed by atoms with Gasteiger partial charge in [0.15, 0.2) is 0 Å². The first-order valence-electron chi connectivity index (χ1n) is 7.85. The van der Waals surface area contributed by atoms with Gasteiger partial charge in [-0.05, 0) is 46.7 Å². The molecule has 0 bridgehead atoms. The minimum atomic E-state index is 0.699. The van der Waals surface area contributed by atoms with Crippen LogP contribution in [0.15, 0.2) is 12.2 Å². The Morgan fingerprint density at radius 3 is 1.56 bits per heavy atom. The molecule has 1 heteroatoms. The molecule has 18 heavy (non-hydrogen) atoms. The smallest absolute Gasteiger partial charge is 0.00634 e. The summed E-state index contributed by atoms with van der Waals surface area (Å²) in [5, 5.41) is 0. The first-order valence-corrected chi connectivity index (χ1v) is 7.85. The van der Waals surface area contributed by atoms with Gasteiger partial charge in [0.1, 0.15) is 0 Å². The second-order valence-electron chi connectivity index (χ2n) is 3.96. The van der Waals surface area contributed by atoms with Gasteiger partial charge in [0.25, 0.3) is 0 Å². The lowest BCUT2D eigenvalue weighted by Crippen LogP contribution is -2.26. The van der Waals surface area contributed by atoms with Crippen molar-refractivity contribution in [1.82, 2.24) is 4.90 Å². The molecular weight excluding hydrogens is 218 g/mol. The van der Waals surface area contributed by atoms with Crippen molar-refractivity contribution in [1.29, 1.82) is 0 Å². The first-order chi connectivity index (χ1) is 8.57. The molecule has 1 nitrogen and oxygen atoms in total. The lowest BCUT2D eigenvalue weighted by atomic mass is 9.99. The van der Waals surface area contributed by atoms with Gasteiger partial charge < -0.3 is 4.90 Å². The zero-order valence-electron chi connectivity index (χ0n) is 15.2. The Bertz CT molecular complexity index is 128. The van der Waals surface area contributed by atoms with Gasteiger partial charge in [0.05, 0.1) is 0 Å². The molecule has 0 heterocycles. The fourth-order valence-electron chi connectivity index (χ4n) is 1.26. The van der Waals surface area contributed by atoms with Crippen LogP contribution in [0, 0.1) is 5.92 Å². The Morgan fingerprint density at radius 2 is 1.28 bits per heavy atom. The summed E-state index contributed by atoms with van der Waals surface area (Å²) in [6, 6.07) is 0.699. The second-order valence-corrected chi connectivity index (χ2v) is 3.96. The Kier molecular flexibility index (Phi) is 37.3. The van der Waals surface area contributed by atoms with Crippen LogP contribution in [0.5, 0.6) is 0 Å². The summed E-state index contributed by atoms with van der Waals surface area (Å²) >= 11 is 0. The Hall–Kier alpha value is -0.300. The van der Waals surface area contributed by atoms with E-state index in [1.54, 1.807) is 0 Å². The molecule has 0 spiro atoms. The molecule has 0 saturated carbocycles. The summed E-state index contributed by atoms with van der Waals surface area (Å²) in [5.41, 5.74) is 0. The van der Waals surface area contributed by atoms with Gasteiger partial charge in [0, 0.05) is 6.04 Å². The van der Waals surface area contributed by atoms with Crippen LogP contribution in [0.2, 0.25) is 0 Å². The molecule has 0 rings (SSSR count). The highest BCUT2D eigenvalue weighted by Gasteiger charge is 2.08. The zero-order valence-corrected chi connectivity index (χ0v) is 15.2. The standard InChI is InChI=1S/C11H23N.3C2H6/c1-6-7-8-10(2)9-11(3)12(4)5;3*1-2/h6-7,10-11H,8-9H2,1-5H3;3*1-2H3/b7-6+;;;. The van der Waals surface area contributed by atoms with Crippen LogP contribution >= 0.6 is 0 Å². The lowest BCUT2D eigenvalue weighted by molar-refractivity contribution is 0.268. The third-order valence-electron chi connectivity index (χ3n) is 2.40. The Morgan fingerprint density at radius 1 is 0.889 bits per heavy atom. The average molecular weight is 260 g/mol. The molecule has 2 atom stereocenters. The van der Waals surface area contributed by atoms with Crippen LogP contribution in [-0.2, 0) is 0 Å². The van der Waals surface area contributed by atoms with E-state index in [2.05, 4.69) is 51.9 Å². The van der Waals surface area contributed by atoms with Crippen molar-refractivity contribution >= 4 is 0 Å². The second kappa shape index (κ2) is 25.5. The Labute approximate surface area is 119 Å². The van der Waals surface area contributed by atoms with Crippen molar-refractivity contribution in [2.24, 2.45) is 5.92 Å². The molecule has 0 saturated heterocycles. The summed E-state index contributed by atoms with van der Waals surface area (Å²) < 4.78 is 0. The molecule has 0 aromatic heterocycles. The van der Waals surface area contributed by atoms with Gasteiger partial charge in [0.2, 0.25) is 0 Å². The molecule has 0 aromatic carbocycles. The van der Waals surface area contributed by atoms with E-state index >= 15 is 0 Å². The summed E-state index contributed by atoms with van der Waals surface area (Å²) in [4.78, 5) is 2.28. The number of nitrogens with zero attached hydrogens (tertiary/aromatic N) is 1. The molecule has 0 fully saturated rings. The first kappa shape index (κ1) is 26.3. The van der Waals surface area contributed by atoms with E-state index in [-0.39, 0.29) is 0 Å².